The molecule has 3 aromatic rings. The van der Waals surface area contributed by atoms with Crippen LogP contribution in [-0.4, -0.2) is 24.2 Å². The van der Waals surface area contributed by atoms with Gasteiger partial charge in [-0.2, -0.15) is 8.42 Å². The largest absolute Gasteiger partial charge is 0.379 e. The van der Waals surface area contributed by atoms with Crippen LogP contribution in [-0.2, 0) is 10.1 Å². The van der Waals surface area contributed by atoms with E-state index in [1.165, 1.54) is 53.8 Å². The SMILES string of the molecule is O=C(Nc1nccs1)c1ccc(OS(=O)(=O)c2cccc([N+](=O)[O-])c2)cc1. The van der Waals surface area contributed by atoms with Gasteiger partial charge in [-0.25, -0.2) is 4.98 Å². The number of amides is 1. The van der Waals surface area contributed by atoms with Crippen LogP contribution in [0.3, 0.4) is 0 Å². The molecule has 1 aromatic heterocycles. The molecule has 3 rings (SSSR count). The molecule has 2 aromatic carbocycles. The van der Waals surface area contributed by atoms with Crippen molar-refractivity contribution in [1.29, 1.82) is 0 Å². The van der Waals surface area contributed by atoms with Crippen LogP contribution in [0.25, 0.3) is 0 Å². The van der Waals surface area contributed by atoms with Crippen LogP contribution in [0, 0.1) is 10.1 Å². The Morgan fingerprint density at radius 1 is 1.19 bits per heavy atom. The minimum Gasteiger partial charge on any atom is -0.379 e. The van der Waals surface area contributed by atoms with Crippen molar-refractivity contribution in [1.82, 2.24) is 4.98 Å². The minimum absolute atomic E-state index is 0.0349. The molecule has 0 radical (unpaired) electrons. The molecule has 0 aliphatic heterocycles. The van der Waals surface area contributed by atoms with Gasteiger partial charge in [-0.1, -0.05) is 6.07 Å². The number of hydrogen-bond donors (Lipinski definition) is 1. The third-order valence-corrected chi connectivity index (χ3v) is 5.22. The molecule has 1 N–H and O–H groups in total. The standard InChI is InChI=1S/C16H11N3O6S2/c20-15(18-16-17-8-9-26-16)11-4-6-13(7-5-11)25-27(23,24)14-3-1-2-12(10-14)19(21)22/h1-10H,(H,17,18,20). The molecule has 138 valence electrons. The second-order valence-corrected chi connectivity index (χ2v) is 7.55. The lowest BCUT2D eigenvalue weighted by molar-refractivity contribution is -0.385. The first-order chi connectivity index (χ1) is 12.8. The van der Waals surface area contributed by atoms with E-state index in [0.717, 1.165) is 6.07 Å². The average molecular weight is 405 g/mol. The van der Waals surface area contributed by atoms with E-state index in [4.69, 9.17) is 4.18 Å². The van der Waals surface area contributed by atoms with Gasteiger partial charge in [0.15, 0.2) is 5.13 Å². The van der Waals surface area contributed by atoms with Crippen molar-refractivity contribution in [3.8, 4) is 5.75 Å². The van der Waals surface area contributed by atoms with Crippen LogP contribution in [0.15, 0.2) is 65.0 Å². The highest BCUT2D eigenvalue weighted by Crippen LogP contribution is 2.22. The summed E-state index contributed by atoms with van der Waals surface area (Å²) in [5.74, 6) is -0.439. The Morgan fingerprint density at radius 2 is 1.93 bits per heavy atom. The number of non-ortho nitro benzene ring substituents is 1. The molecule has 0 spiro atoms. The number of hydrogen-bond acceptors (Lipinski definition) is 8. The van der Waals surface area contributed by atoms with Crippen molar-refractivity contribution in [2.45, 2.75) is 4.90 Å². The number of nitro groups is 1. The van der Waals surface area contributed by atoms with Crippen LogP contribution >= 0.6 is 11.3 Å². The summed E-state index contributed by atoms with van der Waals surface area (Å²) in [4.78, 5) is 25.7. The van der Waals surface area contributed by atoms with Gasteiger partial charge in [0.2, 0.25) is 0 Å². The van der Waals surface area contributed by atoms with E-state index in [1.807, 2.05) is 0 Å². The smallest absolute Gasteiger partial charge is 0.339 e. The third kappa shape index (κ3) is 4.46. The number of rotatable bonds is 6. The number of thiazole rings is 1. The molecule has 11 heteroatoms. The highest BCUT2D eigenvalue weighted by Gasteiger charge is 2.20. The molecule has 1 amide bonds. The Labute approximate surface area is 157 Å². The lowest BCUT2D eigenvalue weighted by Gasteiger charge is -2.08. The van der Waals surface area contributed by atoms with Gasteiger partial charge in [0.05, 0.1) is 4.92 Å². The molecule has 0 saturated heterocycles. The van der Waals surface area contributed by atoms with E-state index in [9.17, 15) is 23.3 Å². The van der Waals surface area contributed by atoms with E-state index < -0.39 is 20.9 Å². The maximum Gasteiger partial charge on any atom is 0.339 e. The van der Waals surface area contributed by atoms with Gasteiger partial charge in [-0.3, -0.25) is 20.2 Å². The molecule has 1 heterocycles. The van der Waals surface area contributed by atoms with Crippen LogP contribution in [0.2, 0.25) is 0 Å². The first-order valence-corrected chi connectivity index (χ1v) is 9.64. The first-order valence-electron chi connectivity index (χ1n) is 7.35. The number of nitrogens with one attached hydrogen (secondary N) is 1. The van der Waals surface area contributed by atoms with Crippen LogP contribution in [0.4, 0.5) is 10.8 Å². The lowest BCUT2D eigenvalue weighted by Crippen LogP contribution is -2.12. The van der Waals surface area contributed by atoms with Crippen molar-refractivity contribution < 1.29 is 22.3 Å². The number of nitro benzene ring substituents is 1. The molecule has 9 nitrogen and oxygen atoms in total. The zero-order valence-corrected chi connectivity index (χ0v) is 15.1. The highest BCUT2D eigenvalue weighted by atomic mass is 32.2. The fourth-order valence-corrected chi connectivity index (χ4v) is 3.54. The number of nitrogens with zero attached hydrogens (tertiary/aromatic N) is 2. The number of aromatic nitrogens is 1. The van der Waals surface area contributed by atoms with Gasteiger partial charge in [0.25, 0.3) is 11.6 Å². The van der Waals surface area contributed by atoms with Crippen LogP contribution in [0.5, 0.6) is 5.75 Å². The molecular formula is C16H11N3O6S2. The molecular weight excluding hydrogens is 394 g/mol. The van der Waals surface area contributed by atoms with Crippen molar-refractivity contribution in [2.24, 2.45) is 0 Å². The summed E-state index contributed by atoms with van der Waals surface area (Å²) in [6, 6.07) is 9.93. The van der Waals surface area contributed by atoms with E-state index in [-0.39, 0.29) is 21.9 Å². The fourth-order valence-electron chi connectivity index (χ4n) is 2.04. The molecule has 0 fully saturated rings. The predicted molar refractivity (Wildman–Crippen MR) is 97.4 cm³/mol. The first kappa shape index (κ1) is 18.5. The molecule has 0 aliphatic carbocycles. The lowest BCUT2D eigenvalue weighted by atomic mass is 10.2. The zero-order chi connectivity index (χ0) is 19.4. The molecule has 0 aliphatic rings. The Morgan fingerprint density at radius 3 is 2.56 bits per heavy atom. The van der Waals surface area contributed by atoms with Crippen LogP contribution < -0.4 is 9.50 Å². The van der Waals surface area contributed by atoms with Crippen molar-refractivity contribution >= 4 is 38.2 Å². The Balaban J connectivity index is 1.74. The number of benzene rings is 2. The Kier molecular flexibility index (Phi) is 5.14. The summed E-state index contributed by atoms with van der Waals surface area (Å²) in [6.45, 7) is 0. The highest BCUT2D eigenvalue weighted by molar-refractivity contribution is 7.87. The summed E-state index contributed by atoms with van der Waals surface area (Å²) in [6.07, 6.45) is 1.55. The summed E-state index contributed by atoms with van der Waals surface area (Å²) < 4.78 is 29.5. The molecule has 27 heavy (non-hydrogen) atoms. The zero-order valence-electron chi connectivity index (χ0n) is 13.4. The van der Waals surface area contributed by atoms with E-state index >= 15 is 0 Å². The van der Waals surface area contributed by atoms with E-state index in [1.54, 1.807) is 11.6 Å². The predicted octanol–water partition coefficient (Wildman–Crippen LogP) is 3.07. The summed E-state index contributed by atoms with van der Waals surface area (Å²) in [5, 5.41) is 15.5. The molecule has 0 bridgehead atoms. The van der Waals surface area contributed by atoms with Gasteiger partial charge < -0.3 is 4.18 Å². The fraction of sp³-hybridized carbons (Fsp3) is 0. The van der Waals surface area contributed by atoms with Gasteiger partial charge in [-0.15, -0.1) is 11.3 Å². The number of anilines is 1. The normalized spacial score (nSPS) is 11.0. The molecule has 0 saturated carbocycles. The van der Waals surface area contributed by atoms with Crippen molar-refractivity contribution in [2.75, 3.05) is 5.32 Å². The van der Waals surface area contributed by atoms with Gasteiger partial charge in [0.1, 0.15) is 10.6 Å². The quantitative estimate of drug-likeness (QED) is 0.379. The minimum atomic E-state index is -4.26. The topological polar surface area (TPSA) is 128 Å². The van der Waals surface area contributed by atoms with Gasteiger partial charge in [-0.05, 0) is 30.3 Å². The van der Waals surface area contributed by atoms with E-state index in [2.05, 4.69) is 10.3 Å². The summed E-state index contributed by atoms with van der Waals surface area (Å²) in [7, 11) is -4.26. The van der Waals surface area contributed by atoms with Crippen LogP contribution in [0.1, 0.15) is 10.4 Å². The van der Waals surface area contributed by atoms with Gasteiger partial charge in [0, 0.05) is 29.3 Å². The van der Waals surface area contributed by atoms with Crippen molar-refractivity contribution in [3.05, 3.63) is 75.8 Å². The number of carbonyl (C=O) groups is 1. The maximum atomic E-state index is 12.3. The van der Waals surface area contributed by atoms with E-state index in [0.29, 0.717) is 5.13 Å². The second-order valence-electron chi connectivity index (χ2n) is 5.11. The second kappa shape index (κ2) is 7.51. The maximum absolute atomic E-state index is 12.3. The molecule has 0 atom stereocenters. The Hall–Kier alpha value is -3.31. The average Bonchev–Trinajstić information content (AvgIpc) is 3.15. The Bertz CT molecular complexity index is 1080. The van der Waals surface area contributed by atoms with Gasteiger partial charge >= 0.3 is 10.1 Å². The molecule has 0 unspecified atom stereocenters. The van der Waals surface area contributed by atoms with Crippen molar-refractivity contribution in [3.63, 3.8) is 0 Å². The summed E-state index contributed by atoms with van der Waals surface area (Å²) >= 11 is 1.26. The number of carbonyl (C=O) groups excluding carboxylic acids is 1. The third-order valence-electron chi connectivity index (χ3n) is 3.29. The monoisotopic (exact) mass is 405 g/mol. The summed E-state index contributed by atoms with van der Waals surface area (Å²) in [5.41, 5.74) is -0.0841.